The fourth-order valence-electron chi connectivity index (χ4n) is 3.34. The van der Waals surface area contributed by atoms with Crippen molar-refractivity contribution >= 4 is 23.3 Å². The Morgan fingerprint density at radius 2 is 2.00 bits per heavy atom. The first kappa shape index (κ1) is 17.8. The molecule has 1 aliphatic rings. The summed E-state index contributed by atoms with van der Waals surface area (Å²) in [4.78, 5) is 12.0. The van der Waals surface area contributed by atoms with E-state index in [1.165, 1.54) is 12.0 Å². The number of rotatable bonds is 5. The van der Waals surface area contributed by atoms with Crippen LogP contribution in [0.5, 0.6) is 0 Å². The molecular formula is C20H24ClN3O. The number of carbonyl (C=O) groups is 1. The predicted molar refractivity (Wildman–Crippen MR) is 103 cm³/mol. The summed E-state index contributed by atoms with van der Waals surface area (Å²) in [6.07, 6.45) is 3.36. The maximum Gasteiger partial charge on any atom is 0.319 e. The Balaban J connectivity index is 1.44. The molecule has 0 aliphatic carbocycles. The van der Waals surface area contributed by atoms with E-state index in [-0.39, 0.29) is 6.03 Å². The molecule has 0 saturated carbocycles. The highest BCUT2D eigenvalue weighted by Gasteiger charge is 2.22. The number of urea groups is 1. The third-order valence-electron chi connectivity index (χ3n) is 4.56. The molecule has 5 heteroatoms. The summed E-state index contributed by atoms with van der Waals surface area (Å²) in [5, 5.41) is 9.87. The normalized spacial score (nSPS) is 20.0. The molecule has 0 spiro atoms. The first-order chi connectivity index (χ1) is 12.2. The minimum Gasteiger partial charge on any atom is -0.336 e. The van der Waals surface area contributed by atoms with Gasteiger partial charge in [-0.3, -0.25) is 0 Å². The van der Waals surface area contributed by atoms with Gasteiger partial charge in [0, 0.05) is 23.3 Å². The van der Waals surface area contributed by atoms with Crippen molar-refractivity contribution in [3.63, 3.8) is 0 Å². The lowest BCUT2D eigenvalue weighted by atomic mass is 9.87. The molecule has 2 aromatic rings. The van der Waals surface area contributed by atoms with Gasteiger partial charge < -0.3 is 16.0 Å². The van der Waals surface area contributed by atoms with Crippen molar-refractivity contribution in [3.05, 3.63) is 65.2 Å². The van der Waals surface area contributed by atoms with E-state index in [9.17, 15) is 4.79 Å². The summed E-state index contributed by atoms with van der Waals surface area (Å²) >= 11 is 5.93. The van der Waals surface area contributed by atoms with Crippen LogP contribution in [0.2, 0.25) is 5.02 Å². The third kappa shape index (κ3) is 5.76. The van der Waals surface area contributed by atoms with Gasteiger partial charge in [0.25, 0.3) is 0 Å². The van der Waals surface area contributed by atoms with Crippen molar-refractivity contribution in [1.29, 1.82) is 0 Å². The molecule has 2 amide bonds. The molecular weight excluding hydrogens is 334 g/mol. The number of carbonyl (C=O) groups excluding carboxylic acids is 1. The van der Waals surface area contributed by atoms with Gasteiger partial charge in [0.15, 0.2) is 0 Å². The number of nitrogens with one attached hydrogen (secondary N) is 3. The van der Waals surface area contributed by atoms with Crippen molar-refractivity contribution in [1.82, 2.24) is 10.6 Å². The monoisotopic (exact) mass is 357 g/mol. The van der Waals surface area contributed by atoms with E-state index in [0.717, 1.165) is 19.4 Å². The number of halogens is 1. The van der Waals surface area contributed by atoms with Crippen LogP contribution in [-0.4, -0.2) is 25.2 Å². The first-order valence-electron chi connectivity index (χ1n) is 8.77. The molecule has 1 fully saturated rings. The molecule has 0 bridgehead atoms. The second kappa shape index (κ2) is 8.88. The van der Waals surface area contributed by atoms with E-state index in [0.29, 0.717) is 29.2 Å². The van der Waals surface area contributed by atoms with Gasteiger partial charge in [-0.1, -0.05) is 48.0 Å². The van der Waals surface area contributed by atoms with Gasteiger partial charge in [0.05, 0.1) is 0 Å². The van der Waals surface area contributed by atoms with Crippen molar-refractivity contribution in [2.45, 2.75) is 25.3 Å². The van der Waals surface area contributed by atoms with Crippen LogP contribution in [0, 0.1) is 5.92 Å². The Morgan fingerprint density at radius 1 is 1.16 bits per heavy atom. The Bertz CT molecular complexity index is 692. The van der Waals surface area contributed by atoms with Crippen LogP contribution in [0.4, 0.5) is 10.5 Å². The quantitative estimate of drug-likeness (QED) is 0.755. The molecule has 25 heavy (non-hydrogen) atoms. The van der Waals surface area contributed by atoms with Gasteiger partial charge in [-0.2, -0.15) is 0 Å². The van der Waals surface area contributed by atoms with Crippen LogP contribution >= 0.6 is 11.6 Å². The molecule has 1 saturated heterocycles. The molecule has 3 rings (SSSR count). The zero-order valence-corrected chi connectivity index (χ0v) is 14.9. The zero-order chi connectivity index (χ0) is 17.5. The van der Waals surface area contributed by atoms with E-state index < -0.39 is 0 Å². The Kier molecular flexibility index (Phi) is 6.31. The van der Waals surface area contributed by atoms with E-state index in [2.05, 4.69) is 46.3 Å². The molecule has 0 aromatic heterocycles. The lowest BCUT2D eigenvalue weighted by Crippen LogP contribution is -2.47. The standard InChI is InChI=1S/C20H24ClN3O/c21-17-7-4-8-18(13-17)24-20(25)23-14-19-12-16(9-10-22-19)11-15-5-2-1-3-6-15/h1-8,13,16,19,22H,9-12,14H2,(H2,23,24,25)/t16-,19+/m1/s1. The van der Waals surface area contributed by atoms with Crippen LogP contribution in [0.1, 0.15) is 18.4 Å². The second-order valence-corrected chi connectivity index (χ2v) is 7.01. The van der Waals surface area contributed by atoms with Crippen LogP contribution in [0.3, 0.4) is 0 Å². The summed E-state index contributed by atoms with van der Waals surface area (Å²) in [6.45, 7) is 1.62. The summed E-state index contributed by atoms with van der Waals surface area (Å²) in [7, 11) is 0. The van der Waals surface area contributed by atoms with E-state index in [1.807, 2.05) is 12.1 Å². The fourth-order valence-corrected chi connectivity index (χ4v) is 3.53. The largest absolute Gasteiger partial charge is 0.336 e. The number of benzene rings is 2. The van der Waals surface area contributed by atoms with E-state index >= 15 is 0 Å². The highest BCUT2D eigenvalue weighted by atomic mass is 35.5. The molecule has 0 unspecified atom stereocenters. The molecule has 132 valence electrons. The number of hydrogen-bond acceptors (Lipinski definition) is 2. The molecule has 2 atom stereocenters. The SMILES string of the molecule is O=C(NC[C@@H]1C[C@@H](Cc2ccccc2)CCN1)Nc1cccc(Cl)c1. The predicted octanol–water partition coefficient (Wildman–Crippen LogP) is 4.07. The average Bonchev–Trinajstić information content (AvgIpc) is 2.61. The molecule has 3 N–H and O–H groups in total. The van der Waals surface area contributed by atoms with Crippen molar-refractivity contribution < 1.29 is 4.79 Å². The summed E-state index contributed by atoms with van der Waals surface area (Å²) in [5.74, 6) is 0.659. The van der Waals surface area contributed by atoms with E-state index in [1.54, 1.807) is 12.1 Å². The van der Waals surface area contributed by atoms with Crippen LogP contribution in [-0.2, 0) is 6.42 Å². The van der Waals surface area contributed by atoms with Gasteiger partial charge >= 0.3 is 6.03 Å². The lowest BCUT2D eigenvalue weighted by molar-refractivity contribution is 0.246. The van der Waals surface area contributed by atoms with Gasteiger partial charge in [-0.05, 0) is 55.5 Å². The maximum absolute atomic E-state index is 12.0. The Morgan fingerprint density at radius 3 is 2.80 bits per heavy atom. The van der Waals surface area contributed by atoms with Gasteiger partial charge in [0.1, 0.15) is 0 Å². The zero-order valence-electron chi connectivity index (χ0n) is 14.2. The summed E-state index contributed by atoms with van der Waals surface area (Å²) in [5.41, 5.74) is 2.09. The Hall–Kier alpha value is -2.04. The summed E-state index contributed by atoms with van der Waals surface area (Å²) < 4.78 is 0. The molecule has 1 heterocycles. The average molecular weight is 358 g/mol. The lowest BCUT2D eigenvalue weighted by Gasteiger charge is -2.30. The molecule has 4 nitrogen and oxygen atoms in total. The number of anilines is 1. The van der Waals surface area contributed by atoms with Gasteiger partial charge in [0.2, 0.25) is 0 Å². The second-order valence-electron chi connectivity index (χ2n) is 6.58. The van der Waals surface area contributed by atoms with Crippen LogP contribution in [0.25, 0.3) is 0 Å². The van der Waals surface area contributed by atoms with Crippen LogP contribution in [0.15, 0.2) is 54.6 Å². The number of piperidine rings is 1. The fraction of sp³-hybridized carbons (Fsp3) is 0.350. The summed E-state index contributed by atoms with van der Waals surface area (Å²) in [6, 6.07) is 17.9. The smallest absolute Gasteiger partial charge is 0.319 e. The minimum atomic E-state index is -0.200. The van der Waals surface area contributed by atoms with Crippen molar-refractivity contribution in [3.8, 4) is 0 Å². The van der Waals surface area contributed by atoms with Crippen molar-refractivity contribution in [2.75, 3.05) is 18.4 Å². The molecule has 1 aliphatic heterocycles. The highest BCUT2D eigenvalue weighted by molar-refractivity contribution is 6.30. The third-order valence-corrected chi connectivity index (χ3v) is 4.80. The number of amides is 2. The van der Waals surface area contributed by atoms with Gasteiger partial charge in [-0.25, -0.2) is 4.79 Å². The first-order valence-corrected chi connectivity index (χ1v) is 9.14. The Labute approximate surface area is 154 Å². The molecule has 2 aromatic carbocycles. The van der Waals surface area contributed by atoms with E-state index in [4.69, 9.17) is 11.6 Å². The maximum atomic E-state index is 12.0. The highest BCUT2D eigenvalue weighted by Crippen LogP contribution is 2.21. The molecule has 0 radical (unpaired) electrons. The van der Waals surface area contributed by atoms with Crippen molar-refractivity contribution in [2.24, 2.45) is 5.92 Å². The van der Waals surface area contributed by atoms with Crippen LogP contribution < -0.4 is 16.0 Å². The van der Waals surface area contributed by atoms with Gasteiger partial charge in [-0.15, -0.1) is 0 Å². The topological polar surface area (TPSA) is 53.2 Å². The number of hydrogen-bond donors (Lipinski definition) is 3. The minimum absolute atomic E-state index is 0.200.